The van der Waals surface area contributed by atoms with E-state index in [1.165, 1.54) is 0 Å². The monoisotopic (exact) mass is 374 g/mol. The molecule has 2 N–H and O–H groups in total. The maximum atomic E-state index is 12.7. The van der Waals surface area contributed by atoms with Crippen molar-refractivity contribution in [2.45, 2.75) is 31.0 Å². The molecule has 2 fully saturated rings. The Hall–Kier alpha value is -3.17. The molecule has 0 bridgehead atoms. The van der Waals surface area contributed by atoms with Crippen molar-refractivity contribution in [2.24, 2.45) is 0 Å². The van der Waals surface area contributed by atoms with E-state index in [1.807, 2.05) is 30.3 Å². The number of rotatable bonds is 3. The van der Waals surface area contributed by atoms with Crippen molar-refractivity contribution >= 4 is 11.8 Å². The van der Waals surface area contributed by atoms with Crippen LogP contribution in [0.1, 0.15) is 34.3 Å². The van der Waals surface area contributed by atoms with Gasteiger partial charge in [0.1, 0.15) is 0 Å². The number of carbonyl (C=O) groups excluding carboxylic acids is 2. The van der Waals surface area contributed by atoms with E-state index in [2.05, 4.69) is 16.7 Å². The molecule has 6 nitrogen and oxygen atoms in total. The fourth-order valence-corrected chi connectivity index (χ4v) is 4.02. The number of likely N-dealkylation sites (tertiary alicyclic amines) is 1. The van der Waals surface area contributed by atoms with E-state index in [1.54, 1.807) is 29.2 Å². The molecule has 2 aliphatic rings. The molecule has 6 heteroatoms. The summed E-state index contributed by atoms with van der Waals surface area (Å²) in [5, 5.41) is 15.6. The lowest BCUT2D eigenvalue weighted by Crippen LogP contribution is -2.58. The van der Waals surface area contributed by atoms with Crippen LogP contribution in [0.4, 0.5) is 0 Å². The molecule has 2 aliphatic heterocycles. The topological polar surface area (TPSA) is 85.2 Å². The Morgan fingerprint density at radius 2 is 1.89 bits per heavy atom. The number of amides is 2. The van der Waals surface area contributed by atoms with Crippen molar-refractivity contribution in [3.63, 3.8) is 0 Å². The summed E-state index contributed by atoms with van der Waals surface area (Å²) in [6.07, 6.45) is 1.97. The van der Waals surface area contributed by atoms with Crippen molar-refractivity contribution in [3.8, 4) is 6.07 Å². The van der Waals surface area contributed by atoms with Crippen molar-refractivity contribution in [3.05, 3.63) is 71.3 Å². The number of nitrogens with one attached hydrogen (secondary N) is 2. The number of hydrogen-bond donors (Lipinski definition) is 2. The van der Waals surface area contributed by atoms with Crippen LogP contribution in [0, 0.1) is 11.3 Å². The molecule has 4 rings (SSSR count). The van der Waals surface area contributed by atoms with Crippen molar-refractivity contribution in [2.75, 3.05) is 13.1 Å². The van der Waals surface area contributed by atoms with Crippen LogP contribution < -0.4 is 10.6 Å². The van der Waals surface area contributed by atoms with E-state index in [0.29, 0.717) is 43.5 Å². The van der Waals surface area contributed by atoms with Gasteiger partial charge in [-0.25, -0.2) is 0 Å². The highest BCUT2D eigenvalue weighted by Crippen LogP contribution is 2.26. The summed E-state index contributed by atoms with van der Waals surface area (Å²) in [6.45, 7) is 1.11. The van der Waals surface area contributed by atoms with Crippen LogP contribution in [-0.2, 0) is 11.2 Å². The SMILES string of the molecule is N#Cc1cccc(C(=O)N2CCC3(CC2)NC(=O)C(Cc2ccccc2)N3)c1. The number of hydrogen-bond acceptors (Lipinski definition) is 4. The highest BCUT2D eigenvalue weighted by Gasteiger charge is 2.45. The third kappa shape index (κ3) is 3.62. The maximum absolute atomic E-state index is 12.7. The van der Waals surface area contributed by atoms with Gasteiger partial charge in [-0.2, -0.15) is 5.26 Å². The Kier molecular flexibility index (Phi) is 4.84. The van der Waals surface area contributed by atoms with Crippen LogP contribution in [0.5, 0.6) is 0 Å². The first-order valence-corrected chi connectivity index (χ1v) is 9.52. The molecule has 0 aliphatic carbocycles. The Morgan fingerprint density at radius 3 is 2.61 bits per heavy atom. The second-order valence-corrected chi connectivity index (χ2v) is 7.44. The number of carbonyl (C=O) groups is 2. The first kappa shape index (κ1) is 18.2. The van der Waals surface area contributed by atoms with Gasteiger partial charge >= 0.3 is 0 Å². The lowest BCUT2D eigenvalue weighted by molar-refractivity contribution is -0.121. The van der Waals surface area contributed by atoms with Gasteiger partial charge in [0.15, 0.2) is 0 Å². The van der Waals surface area contributed by atoms with E-state index in [4.69, 9.17) is 5.26 Å². The van der Waals surface area contributed by atoms with Crippen LogP contribution in [0.3, 0.4) is 0 Å². The zero-order valence-electron chi connectivity index (χ0n) is 15.5. The van der Waals surface area contributed by atoms with Gasteiger partial charge in [-0.05, 0) is 30.2 Å². The molecule has 2 aromatic carbocycles. The molecule has 0 radical (unpaired) electrons. The van der Waals surface area contributed by atoms with Gasteiger partial charge in [0.2, 0.25) is 5.91 Å². The van der Waals surface area contributed by atoms with Gasteiger partial charge in [-0.15, -0.1) is 0 Å². The molecule has 2 amide bonds. The average Bonchev–Trinajstić information content (AvgIpc) is 3.03. The molecule has 2 heterocycles. The molecule has 2 saturated heterocycles. The molecular formula is C22H22N4O2. The summed E-state index contributed by atoms with van der Waals surface area (Å²) in [7, 11) is 0. The molecule has 0 saturated carbocycles. The van der Waals surface area contributed by atoms with Crippen molar-refractivity contribution < 1.29 is 9.59 Å². The lowest BCUT2D eigenvalue weighted by atomic mass is 9.96. The van der Waals surface area contributed by atoms with Gasteiger partial charge in [0, 0.05) is 31.5 Å². The minimum Gasteiger partial charge on any atom is -0.338 e. The van der Waals surface area contributed by atoms with Gasteiger partial charge in [0.05, 0.1) is 23.3 Å². The minimum atomic E-state index is -0.443. The van der Waals surface area contributed by atoms with Gasteiger partial charge in [0.25, 0.3) is 5.91 Å². The normalized spacial score (nSPS) is 20.6. The Balaban J connectivity index is 1.39. The summed E-state index contributed by atoms with van der Waals surface area (Å²) in [4.78, 5) is 27.0. The molecule has 1 spiro atoms. The standard InChI is InChI=1S/C22H22N4O2/c23-15-17-7-4-8-18(13-17)21(28)26-11-9-22(10-12-26)24-19(20(27)25-22)14-16-5-2-1-3-6-16/h1-8,13,19,24H,9-12,14H2,(H,25,27). The first-order chi connectivity index (χ1) is 13.6. The van der Waals surface area contributed by atoms with E-state index in [9.17, 15) is 9.59 Å². The summed E-state index contributed by atoms with van der Waals surface area (Å²) in [5.41, 5.74) is 1.69. The van der Waals surface area contributed by atoms with Crippen LogP contribution in [0.15, 0.2) is 54.6 Å². The molecule has 1 atom stereocenters. The average molecular weight is 374 g/mol. The van der Waals surface area contributed by atoms with Crippen molar-refractivity contribution in [1.82, 2.24) is 15.5 Å². The van der Waals surface area contributed by atoms with Crippen LogP contribution in [0.2, 0.25) is 0 Å². The second-order valence-electron chi connectivity index (χ2n) is 7.44. The molecular weight excluding hydrogens is 352 g/mol. The zero-order valence-corrected chi connectivity index (χ0v) is 15.5. The summed E-state index contributed by atoms with van der Waals surface area (Å²) >= 11 is 0. The number of benzene rings is 2. The number of nitrogens with zero attached hydrogens (tertiary/aromatic N) is 2. The molecule has 1 unspecified atom stereocenters. The highest BCUT2D eigenvalue weighted by atomic mass is 16.2. The Bertz CT molecular complexity index is 927. The van der Waals surface area contributed by atoms with Gasteiger partial charge < -0.3 is 10.2 Å². The lowest BCUT2D eigenvalue weighted by Gasteiger charge is -2.39. The maximum Gasteiger partial charge on any atom is 0.253 e. The first-order valence-electron chi connectivity index (χ1n) is 9.52. The van der Waals surface area contributed by atoms with Crippen LogP contribution >= 0.6 is 0 Å². The Morgan fingerprint density at radius 1 is 1.14 bits per heavy atom. The molecule has 28 heavy (non-hydrogen) atoms. The smallest absolute Gasteiger partial charge is 0.253 e. The molecule has 2 aromatic rings. The third-order valence-corrected chi connectivity index (χ3v) is 5.55. The number of nitriles is 1. The summed E-state index contributed by atoms with van der Waals surface area (Å²) in [6, 6.07) is 18.5. The second kappa shape index (κ2) is 7.45. The fourth-order valence-electron chi connectivity index (χ4n) is 4.02. The molecule has 142 valence electrons. The number of piperidine rings is 1. The van der Waals surface area contributed by atoms with Gasteiger partial charge in [-0.3, -0.25) is 14.9 Å². The summed E-state index contributed by atoms with van der Waals surface area (Å²) in [5.74, 6) is -0.0533. The van der Waals surface area contributed by atoms with E-state index >= 15 is 0 Å². The van der Waals surface area contributed by atoms with Crippen LogP contribution in [-0.4, -0.2) is 41.5 Å². The highest BCUT2D eigenvalue weighted by molar-refractivity contribution is 5.94. The van der Waals surface area contributed by atoms with Crippen LogP contribution in [0.25, 0.3) is 0 Å². The predicted octanol–water partition coefficient (Wildman–Crippen LogP) is 1.82. The van der Waals surface area contributed by atoms with E-state index < -0.39 is 5.66 Å². The van der Waals surface area contributed by atoms with E-state index in [0.717, 1.165) is 5.56 Å². The van der Waals surface area contributed by atoms with Crippen molar-refractivity contribution in [1.29, 1.82) is 5.26 Å². The third-order valence-electron chi connectivity index (χ3n) is 5.55. The zero-order chi connectivity index (χ0) is 19.6. The fraction of sp³-hybridized carbons (Fsp3) is 0.318. The van der Waals surface area contributed by atoms with E-state index in [-0.39, 0.29) is 17.9 Å². The predicted molar refractivity (Wildman–Crippen MR) is 104 cm³/mol. The minimum absolute atomic E-state index is 0.0188. The summed E-state index contributed by atoms with van der Waals surface area (Å²) < 4.78 is 0. The van der Waals surface area contributed by atoms with Gasteiger partial charge in [-0.1, -0.05) is 36.4 Å². The molecule has 0 aromatic heterocycles. The Labute approximate surface area is 164 Å². The largest absolute Gasteiger partial charge is 0.338 e. The quantitative estimate of drug-likeness (QED) is 0.858.